The molecule has 0 bridgehead atoms. The van der Waals surface area contributed by atoms with Gasteiger partial charge in [0.1, 0.15) is 6.56 Å². The highest BCUT2D eigenvalue weighted by Crippen LogP contribution is 2.68. The first-order valence-corrected chi connectivity index (χ1v) is 10.6. The molecule has 3 fully saturated rings. The van der Waals surface area contributed by atoms with Crippen molar-refractivity contribution in [2.24, 2.45) is 28.6 Å². The maximum atomic E-state index is 13.3. The predicted molar refractivity (Wildman–Crippen MR) is 108 cm³/mol. The standard InChI is InChI=1S/C24H34O5/c1-4-21(28)29-24(20(27)14-25)12-9-19-17-6-5-15-13-16(26)7-10-22(15,2)18(17)8-11-23(19,24)3/h13,17-19,25H,4-12,14H2,1-3H3/t17-,18+,19+,22+,23+,24+/m1/s1/i5D,7D2,13D,14D2/t5?,17-,18+,19+,22+,23+,24+. The molecule has 0 saturated heterocycles. The largest absolute Gasteiger partial charge is 0.450 e. The van der Waals surface area contributed by atoms with Crippen LogP contribution >= 0.6 is 0 Å². The molecule has 0 aromatic carbocycles. The van der Waals surface area contributed by atoms with Crippen LogP contribution in [-0.2, 0) is 19.1 Å². The number of ether oxygens (including phenoxy) is 1. The lowest BCUT2D eigenvalue weighted by Gasteiger charge is -2.59. The molecule has 0 aromatic rings. The van der Waals surface area contributed by atoms with Crippen molar-refractivity contribution in [2.75, 3.05) is 6.56 Å². The molecule has 3 saturated carbocycles. The molecule has 5 heteroatoms. The minimum atomic E-state index is -3.19. The molecule has 29 heavy (non-hydrogen) atoms. The lowest BCUT2D eigenvalue weighted by molar-refractivity contribution is -0.191. The van der Waals surface area contributed by atoms with E-state index in [2.05, 4.69) is 0 Å². The minimum absolute atomic E-state index is 0.00727. The van der Waals surface area contributed by atoms with Gasteiger partial charge in [-0.25, -0.2) is 0 Å². The van der Waals surface area contributed by atoms with Gasteiger partial charge >= 0.3 is 5.97 Å². The number of Topliss-reactive ketones (excluding diaryl/α,β-unsaturated/α-hetero) is 1. The number of carbonyl (C=O) groups excluding carboxylic acids is 3. The van der Waals surface area contributed by atoms with Crippen LogP contribution in [0.3, 0.4) is 0 Å². The highest BCUT2D eigenvalue weighted by atomic mass is 16.6. The minimum Gasteiger partial charge on any atom is -0.450 e. The van der Waals surface area contributed by atoms with E-state index in [1.165, 1.54) is 0 Å². The Morgan fingerprint density at radius 1 is 1.28 bits per heavy atom. The number of esters is 1. The predicted octanol–water partition coefficient (Wildman–Crippen LogP) is 3.77. The summed E-state index contributed by atoms with van der Waals surface area (Å²) in [6.07, 6.45) is -1.52. The van der Waals surface area contributed by atoms with E-state index in [9.17, 15) is 19.5 Å². The number of hydrogen-bond donors (Lipinski definition) is 1. The highest BCUT2D eigenvalue weighted by molar-refractivity contribution is 5.92. The molecular weight excluding hydrogens is 368 g/mol. The quantitative estimate of drug-likeness (QED) is 0.716. The Hall–Kier alpha value is -1.49. The van der Waals surface area contributed by atoms with Crippen LogP contribution in [0.4, 0.5) is 0 Å². The van der Waals surface area contributed by atoms with Crippen molar-refractivity contribution in [2.45, 2.75) is 84.1 Å². The first-order valence-electron chi connectivity index (χ1n) is 13.7. The number of carbonyl (C=O) groups is 3. The lowest BCUT2D eigenvalue weighted by atomic mass is 9.46. The van der Waals surface area contributed by atoms with Gasteiger partial charge in [0.25, 0.3) is 0 Å². The van der Waals surface area contributed by atoms with Crippen molar-refractivity contribution in [3.8, 4) is 0 Å². The molecule has 4 rings (SSSR count). The van der Waals surface area contributed by atoms with Gasteiger partial charge in [0.2, 0.25) is 5.78 Å². The number of rotatable bonds is 4. The third-order valence-electron chi connectivity index (χ3n) is 8.49. The van der Waals surface area contributed by atoms with E-state index in [4.69, 9.17) is 13.0 Å². The summed E-state index contributed by atoms with van der Waals surface area (Å²) >= 11 is 0. The zero-order chi connectivity index (χ0) is 26.4. The molecule has 0 amide bonds. The van der Waals surface area contributed by atoms with E-state index in [0.29, 0.717) is 31.3 Å². The molecule has 1 N–H and O–H groups in total. The van der Waals surface area contributed by atoms with Gasteiger partial charge in [-0.15, -0.1) is 0 Å². The van der Waals surface area contributed by atoms with E-state index < -0.39 is 59.3 Å². The number of fused-ring (bicyclic) bond motifs is 5. The molecular formula is C24H34O5. The van der Waals surface area contributed by atoms with E-state index >= 15 is 0 Å². The Bertz CT molecular complexity index is 1000. The molecule has 0 aromatic heterocycles. The Labute approximate surface area is 181 Å². The van der Waals surface area contributed by atoms with Gasteiger partial charge in [0, 0.05) is 22.3 Å². The average Bonchev–Trinajstić information content (AvgIpc) is 3.03. The zero-order valence-electron chi connectivity index (χ0n) is 23.3. The maximum absolute atomic E-state index is 13.3. The van der Waals surface area contributed by atoms with Crippen molar-refractivity contribution >= 4 is 17.5 Å². The van der Waals surface area contributed by atoms with Crippen LogP contribution < -0.4 is 0 Å². The summed E-state index contributed by atoms with van der Waals surface area (Å²) in [5.41, 5.74) is -3.28. The van der Waals surface area contributed by atoms with Gasteiger partial charge in [0.05, 0.1) is 4.11 Å². The topological polar surface area (TPSA) is 80.7 Å². The molecule has 0 aliphatic heterocycles. The van der Waals surface area contributed by atoms with Crippen molar-refractivity contribution < 1.29 is 32.5 Å². The van der Waals surface area contributed by atoms with Gasteiger partial charge in [0.15, 0.2) is 11.4 Å². The van der Waals surface area contributed by atoms with Gasteiger partial charge < -0.3 is 9.84 Å². The van der Waals surface area contributed by atoms with Crippen LogP contribution in [0, 0.1) is 28.6 Å². The summed E-state index contributed by atoms with van der Waals surface area (Å²) in [6, 6.07) is -0.392. The normalized spacial score (nSPS) is 51.8. The van der Waals surface area contributed by atoms with Gasteiger partial charge in [-0.05, 0) is 74.1 Å². The van der Waals surface area contributed by atoms with Crippen molar-refractivity contribution in [3.63, 3.8) is 0 Å². The van der Waals surface area contributed by atoms with Crippen LogP contribution in [0.2, 0.25) is 0 Å². The third kappa shape index (κ3) is 2.79. The molecule has 5 nitrogen and oxygen atoms in total. The second-order valence-corrected chi connectivity index (χ2v) is 9.55. The molecule has 0 radical (unpaired) electrons. The summed E-state index contributed by atoms with van der Waals surface area (Å²) in [7, 11) is 0. The number of allylic oxidation sites excluding steroid dienone is 1. The number of hydrogen-bond acceptors (Lipinski definition) is 5. The smallest absolute Gasteiger partial charge is 0.306 e. The average molecular weight is 409 g/mol. The summed E-state index contributed by atoms with van der Waals surface area (Å²) in [4.78, 5) is 38.3. The second-order valence-electron chi connectivity index (χ2n) is 9.55. The van der Waals surface area contributed by atoms with E-state index in [1.54, 1.807) is 13.8 Å². The van der Waals surface area contributed by atoms with E-state index in [1.807, 2.05) is 6.92 Å². The van der Waals surface area contributed by atoms with Crippen molar-refractivity contribution in [1.29, 1.82) is 0 Å². The zero-order valence-corrected chi connectivity index (χ0v) is 17.3. The Kier molecular flexibility index (Phi) is 3.52. The van der Waals surface area contributed by atoms with Gasteiger partial charge in [-0.1, -0.05) is 26.3 Å². The molecule has 0 heterocycles. The van der Waals surface area contributed by atoms with Crippen LogP contribution in [0.25, 0.3) is 0 Å². The molecule has 4 aliphatic rings. The van der Waals surface area contributed by atoms with Crippen molar-refractivity contribution in [3.05, 3.63) is 11.6 Å². The summed E-state index contributed by atoms with van der Waals surface area (Å²) in [5, 5.41) is 10.0. The number of ketones is 2. The van der Waals surface area contributed by atoms with Crippen LogP contribution in [0.1, 0.15) is 86.7 Å². The first kappa shape index (κ1) is 14.5. The van der Waals surface area contributed by atoms with E-state index in [-0.39, 0.29) is 37.0 Å². The lowest BCUT2D eigenvalue weighted by Crippen LogP contribution is -2.59. The molecule has 160 valence electrons. The second kappa shape index (κ2) is 7.04. The Morgan fingerprint density at radius 2 is 2.00 bits per heavy atom. The Morgan fingerprint density at radius 3 is 2.69 bits per heavy atom. The fourth-order valence-electron chi connectivity index (χ4n) is 6.89. The van der Waals surface area contributed by atoms with Gasteiger partial charge in [-0.2, -0.15) is 0 Å². The van der Waals surface area contributed by atoms with Crippen LogP contribution in [0.5, 0.6) is 0 Å². The SMILES string of the molecule is [2H]C1=C2C([2H])C[C@@H]3[C@H](CC[C@@]4(C)[C@H]3CC[C@]4(OC(=O)CC)C(=O)C([2H])([2H])O)[C@@]2(C)CC([2H])([2H])C1=O. The van der Waals surface area contributed by atoms with E-state index in [0.717, 1.165) is 0 Å². The molecule has 4 aliphatic carbocycles. The Balaban J connectivity index is 1.80. The number of aliphatic hydroxyl groups is 1. The van der Waals surface area contributed by atoms with Gasteiger partial charge in [-0.3, -0.25) is 14.4 Å². The first-order chi connectivity index (χ1) is 16.0. The molecule has 7 atom stereocenters. The highest BCUT2D eigenvalue weighted by Gasteiger charge is 2.68. The van der Waals surface area contributed by atoms with Crippen LogP contribution in [0.15, 0.2) is 11.6 Å². The fourth-order valence-corrected chi connectivity index (χ4v) is 6.89. The molecule has 0 spiro atoms. The fraction of sp³-hybridized carbons (Fsp3) is 0.792. The monoisotopic (exact) mass is 408 g/mol. The third-order valence-corrected chi connectivity index (χ3v) is 8.49. The summed E-state index contributed by atoms with van der Waals surface area (Å²) in [6.45, 7) is 2.05. The van der Waals surface area contributed by atoms with Crippen LogP contribution in [-0.4, -0.2) is 34.8 Å². The summed E-state index contributed by atoms with van der Waals surface area (Å²) in [5.74, 6) is -3.22. The van der Waals surface area contributed by atoms with Crippen molar-refractivity contribution in [1.82, 2.24) is 0 Å². The molecule has 1 unspecified atom stereocenters. The maximum Gasteiger partial charge on any atom is 0.306 e. The summed E-state index contributed by atoms with van der Waals surface area (Å²) < 4.78 is 55.0.